The van der Waals surface area contributed by atoms with Crippen molar-refractivity contribution in [2.75, 3.05) is 40.3 Å². The van der Waals surface area contributed by atoms with Crippen molar-refractivity contribution in [2.45, 2.75) is 31.4 Å². The second-order valence-electron chi connectivity index (χ2n) is 4.74. The molecule has 0 bridgehead atoms. The molecule has 1 aliphatic heterocycles. The van der Waals surface area contributed by atoms with Gasteiger partial charge in [-0.05, 0) is 39.9 Å². The monoisotopic (exact) mass is 215 g/mol. The zero-order chi connectivity index (χ0) is 11.3. The number of aliphatic hydroxyl groups excluding tert-OH is 1. The fourth-order valence-electron chi connectivity index (χ4n) is 2.11. The number of likely N-dealkylation sites (tertiary alicyclic amines) is 1. The van der Waals surface area contributed by atoms with Crippen LogP contribution in [0, 0.1) is 0 Å². The predicted octanol–water partition coefficient (Wildman–Crippen LogP) is -0.278. The molecule has 1 fully saturated rings. The molecule has 4 heteroatoms. The molecule has 0 amide bonds. The van der Waals surface area contributed by atoms with Gasteiger partial charge in [0, 0.05) is 25.7 Å². The largest absolute Gasteiger partial charge is 0.392 e. The van der Waals surface area contributed by atoms with Crippen molar-refractivity contribution in [3.8, 4) is 0 Å². The van der Waals surface area contributed by atoms with Crippen molar-refractivity contribution < 1.29 is 5.11 Å². The molecular weight excluding hydrogens is 190 g/mol. The Morgan fingerprint density at radius 1 is 1.53 bits per heavy atom. The first-order chi connectivity index (χ1) is 7.13. The van der Waals surface area contributed by atoms with Crippen LogP contribution in [0.1, 0.15) is 19.3 Å². The van der Waals surface area contributed by atoms with E-state index in [1.165, 1.54) is 19.4 Å². The maximum absolute atomic E-state index is 9.40. The Hall–Kier alpha value is -0.160. The van der Waals surface area contributed by atoms with Crippen LogP contribution < -0.4 is 5.73 Å². The summed E-state index contributed by atoms with van der Waals surface area (Å²) < 4.78 is 0. The molecule has 4 nitrogen and oxygen atoms in total. The van der Waals surface area contributed by atoms with Crippen LogP contribution in [-0.4, -0.2) is 67.3 Å². The summed E-state index contributed by atoms with van der Waals surface area (Å²) in [6.07, 6.45) is 3.03. The van der Waals surface area contributed by atoms with E-state index in [0.717, 1.165) is 19.5 Å². The van der Waals surface area contributed by atoms with E-state index in [-0.39, 0.29) is 6.10 Å². The number of hydrogen-bond donors (Lipinski definition) is 2. The van der Waals surface area contributed by atoms with Crippen molar-refractivity contribution in [3.05, 3.63) is 0 Å². The molecule has 1 aliphatic rings. The molecule has 15 heavy (non-hydrogen) atoms. The third kappa shape index (κ3) is 4.47. The number of rotatable bonds is 5. The third-order valence-corrected chi connectivity index (χ3v) is 3.26. The molecule has 90 valence electrons. The zero-order valence-electron chi connectivity index (χ0n) is 10.0. The summed E-state index contributed by atoms with van der Waals surface area (Å²) in [6.45, 7) is 3.65. The van der Waals surface area contributed by atoms with Gasteiger partial charge in [0.05, 0.1) is 6.10 Å². The van der Waals surface area contributed by atoms with E-state index in [4.69, 9.17) is 5.73 Å². The first-order valence-electron chi connectivity index (χ1n) is 5.90. The van der Waals surface area contributed by atoms with Crippen LogP contribution in [0.5, 0.6) is 0 Å². The maximum Gasteiger partial charge on any atom is 0.0674 e. The van der Waals surface area contributed by atoms with Gasteiger partial charge in [0.1, 0.15) is 0 Å². The number of likely N-dealkylation sites (N-methyl/N-ethyl adjacent to an activating group) is 1. The predicted molar refractivity (Wildman–Crippen MR) is 62.8 cm³/mol. The first-order valence-corrected chi connectivity index (χ1v) is 5.90. The lowest BCUT2D eigenvalue weighted by molar-refractivity contribution is 0.105. The van der Waals surface area contributed by atoms with Gasteiger partial charge < -0.3 is 20.6 Å². The van der Waals surface area contributed by atoms with E-state index < -0.39 is 0 Å². The van der Waals surface area contributed by atoms with Crippen LogP contribution in [0.2, 0.25) is 0 Å². The molecule has 2 atom stereocenters. The van der Waals surface area contributed by atoms with Crippen molar-refractivity contribution in [1.82, 2.24) is 9.80 Å². The van der Waals surface area contributed by atoms with Gasteiger partial charge in [-0.25, -0.2) is 0 Å². The highest BCUT2D eigenvalue weighted by atomic mass is 16.3. The van der Waals surface area contributed by atoms with Gasteiger partial charge in [-0.3, -0.25) is 0 Å². The normalized spacial score (nSPS) is 25.8. The molecule has 0 spiro atoms. The Bertz CT molecular complexity index is 175. The van der Waals surface area contributed by atoms with Gasteiger partial charge in [0.25, 0.3) is 0 Å². The van der Waals surface area contributed by atoms with E-state index in [2.05, 4.69) is 23.9 Å². The van der Waals surface area contributed by atoms with Gasteiger partial charge in [0.2, 0.25) is 0 Å². The molecule has 0 saturated carbocycles. The lowest BCUT2D eigenvalue weighted by Crippen LogP contribution is -2.46. The van der Waals surface area contributed by atoms with Crippen LogP contribution in [0.25, 0.3) is 0 Å². The number of aliphatic hydroxyl groups is 1. The summed E-state index contributed by atoms with van der Waals surface area (Å²) in [5.41, 5.74) is 5.39. The molecule has 1 heterocycles. The molecule has 0 aromatic heterocycles. The highest BCUT2D eigenvalue weighted by Crippen LogP contribution is 2.13. The Kier molecular flexibility index (Phi) is 5.53. The van der Waals surface area contributed by atoms with Crippen LogP contribution in [0.4, 0.5) is 0 Å². The molecule has 0 aromatic carbocycles. The van der Waals surface area contributed by atoms with Crippen LogP contribution >= 0.6 is 0 Å². The van der Waals surface area contributed by atoms with Gasteiger partial charge in [-0.15, -0.1) is 0 Å². The summed E-state index contributed by atoms with van der Waals surface area (Å²) in [6, 6.07) is 0.675. The average molecular weight is 215 g/mol. The molecule has 3 N–H and O–H groups in total. The summed E-state index contributed by atoms with van der Waals surface area (Å²) >= 11 is 0. The number of hydrogen-bond acceptors (Lipinski definition) is 4. The number of piperidine rings is 1. The maximum atomic E-state index is 9.40. The van der Waals surface area contributed by atoms with E-state index in [1.54, 1.807) is 0 Å². The molecular formula is C11H25N3O. The standard InChI is InChI=1S/C11H25N3O/c1-13(2)10-4-3-6-14(9-10)7-5-11(15)8-12/h10-11,15H,3-9,12H2,1-2H3. The average Bonchev–Trinajstić information content (AvgIpc) is 2.26. The van der Waals surface area contributed by atoms with Gasteiger partial charge in [0.15, 0.2) is 0 Å². The second-order valence-corrected chi connectivity index (χ2v) is 4.74. The molecule has 0 aliphatic carbocycles. The topological polar surface area (TPSA) is 52.7 Å². The minimum absolute atomic E-state index is 0.329. The second kappa shape index (κ2) is 6.43. The molecule has 1 rings (SSSR count). The Balaban J connectivity index is 2.24. The molecule has 0 radical (unpaired) electrons. The van der Waals surface area contributed by atoms with Crippen LogP contribution in [-0.2, 0) is 0 Å². The molecule has 0 aromatic rings. The number of nitrogens with two attached hydrogens (primary N) is 1. The summed E-state index contributed by atoms with van der Waals surface area (Å²) in [5.74, 6) is 0. The Labute approximate surface area is 93.0 Å². The van der Waals surface area contributed by atoms with E-state index in [1.807, 2.05) is 0 Å². The minimum Gasteiger partial charge on any atom is -0.392 e. The minimum atomic E-state index is -0.329. The Morgan fingerprint density at radius 3 is 2.87 bits per heavy atom. The van der Waals surface area contributed by atoms with Gasteiger partial charge >= 0.3 is 0 Å². The lowest BCUT2D eigenvalue weighted by atomic mass is 10.0. The van der Waals surface area contributed by atoms with E-state index in [0.29, 0.717) is 12.6 Å². The fourth-order valence-corrected chi connectivity index (χ4v) is 2.11. The van der Waals surface area contributed by atoms with Crippen LogP contribution in [0.3, 0.4) is 0 Å². The van der Waals surface area contributed by atoms with Crippen molar-refractivity contribution >= 4 is 0 Å². The van der Waals surface area contributed by atoms with E-state index >= 15 is 0 Å². The third-order valence-electron chi connectivity index (χ3n) is 3.26. The number of nitrogens with zero attached hydrogens (tertiary/aromatic N) is 2. The molecule has 1 saturated heterocycles. The molecule has 2 unspecified atom stereocenters. The van der Waals surface area contributed by atoms with Gasteiger partial charge in [-0.1, -0.05) is 0 Å². The van der Waals surface area contributed by atoms with E-state index in [9.17, 15) is 5.11 Å². The highest BCUT2D eigenvalue weighted by molar-refractivity contribution is 4.78. The zero-order valence-corrected chi connectivity index (χ0v) is 10.0. The Morgan fingerprint density at radius 2 is 2.27 bits per heavy atom. The lowest BCUT2D eigenvalue weighted by Gasteiger charge is -2.36. The van der Waals surface area contributed by atoms with Gasteiger partial charge in [-0.2, -0.15) is 0 Å². The quantitative estimate of drug-likeness (QED) is 0.662. The SMILES string of the molecule is CN(C)C1CCCN(CCC(O)CN)C1. The highest BCUT2D eigenvalue weighted by Gasteiger charge is 2.21. The summed E-state index contributed by atoms with van der Waals surface area (Å²) in [4.78, 5) is 4.73. The smallest absolute Gasteiger partial charge is 0.0674 e. The first kappa shape index (κ1) is 12.9. The van der Waals surface area contributed by atoms with Crippen molar-refractivity contribution in [1.29, 1.82) is 0 Å². The van der Waals surface area contributed by atoms with Crippen molar-refractivity contribution in [2.24, 2.45) is 5.73 Å². The van der Waals surface area contributed by atoms with Crippen molar-refractivity contribution in [3.63, 3.8) is 0 Å². The summed E-state index contributed by atoms with van der Waals surface area (Å²) in [7, 11) is 4.28. The fraction of sp³-hybridized carbons (Fsp3) is 1.00. The summed E-state index contributed by atoms with van der Waals surface area (Å²) in [5, 5.41) is 9.40. The van der Waals surface area contributed by atoms with Crippen LogP contribution in [0.15, 0.2) is 0 Å².